The molecule has 0 aliphatic carbocycles. The van der Waals surface area contributed by atoms with Crippen molar-refractivity contribution in [2.75, 3.05) is 24.2 Å². The number of hydrogen-bond donors (Lipinski definition) is 2. The van der Waals surface area contributed by atoms with Crippen molar-refractivity contribution >= 4 is 11.9 Å². The first-order chi connectivity index (χ1) is 9.15. The Balaban J connectivity index is 2.01. The van der Waals surface area contributed by atoms with Crippen molar-refractivity contribution < 1.29 is 4.74 Å². The molecule has 19 heavy (non-hydrogen) atoms. The molecule has 0 atom stereocenters. The van der Waals surface area contributed by atoms with E-state index >= 15 is 0 Å². The van der Waals surface area contributed by atoms with Gasteiger partial charge >= 0.3 is 0 Å². The van der Waals surface area contributed by atoms with Crippen LogP contribution in [-0.4, -0.2) is 44.0 Å². The summed E-state index contributed by atoms with van der Waals surface area (Å²) in [5.41, 5.74) is 5.64. The number of nitrogens with zero attached hydrogens (tertiary/aromatic N) is 5. The average Bonchev–Trinajstić information content (AvgIpc) is 2.87. The van der Waals surface area contributed by atoms with Crippen LogP contribution in [0.2, 0.25) is 0 Å². The summed E-state index contributed by atoms with van der Waals surface area (Å²) in [4.78, 5) is 12.2. The van der Waals surface area contributed by atoms with E-state index < -0.39 is 0 Å². The van der Waals surface area contributed by atoms with Gasteiger partial charge in [-0.1, -0.05) is 0 Å². The van der Waals surface area contributed by atoms with Crippen molar-refractivity contribution in [3.05, 3.63) is 18.5 Å². The number of rotatable bonds is 6. The summed E-state index contributed by atoms with van der Waals surface area (Å²) in [7, 11) is 0. The zero-order valence-electron chi connectivity index (χ0n) is 10.9. The van der Waals surface area contributed by atoms with Gasteiger partial charge in [0.1, 0.15) is 0 Å². The van der Waals surface area contributed by atoms with Gasteiger partial charge in [-0.15, -0.1) is 0 Å². The van der Waals surface area contributed by atoms with Crippen molar-refractivity contribution in [2.24, 2.45) is 0 Å². The Morgan fingerprint density at radius 3 is 2.89 bits per heavy atom. The molecule has 0 aliphatic rings. The summed E-state index contributed by atoms with van der Waals surface area (Å²) in [5, 5.41) is 7.08. The van der Waals surface area contributed by atoms with E-state index in [-0.39, 0.29) is 12.1 Å². The molecule has 0 saturated heterocycles. The molecule has 0 aromatic carbocycles. The highest BCUT2D eigenvalue weighted by Crippen LogP contribution is 2.05. The van der Waals surface area contributed by atoms with Crippen molar-refractivity contribution in [3.8, 4) is 5.95 Å². The first-order valence-corrected chi connectivity index (χ1v) is 6.02. The lowest BCUT2D eigenvalue weighted by atomic mass is 10.5. The molecule has 0 bridgehead atoms. The second-order valence-electron chi connectivity index (χ2n) is 4.11. The van der Waals surface area contributed by atoms with E-state index in [1.54, 1.807) is 18.5 Å². The summed E-state index contributed by atoms with van der Waals surface area (Å²) in [6.07, 6.45) is 3.58. The number of nitrogen functional groups attached to an aromatic ring is 1. The lowest BCUT2D eigenvalue weighted by molar-refractivity contribution is 0.0870. The van der Waals surface area contributed by atoms with Gasteiger partial charge in [-0.2, -0.15) is 20.1 Å². The molecule has 0 radical (unpaired) electrons. The fraction of sp³-hybridized carbons (Fsp3) is 0.455. The summed E-state index contributed by atoms with van der Waals surface area (Å²) in [5.74, 6) is 0.933. The molecule has 2 aromatic heterocycles. The predicted molar refractivity (Wildman–Crippen MR) is 70.9 cm³/mol. The molecule has 2 rings (SSSR count). The van der Waals surface area contributed by atoms with Gasteiger partial charge in [0.15, 0.2) is 0 Å². The normalized spacial score (nSPS) is 10.9. The molecule has 0 spiro atoms. The lowest BCUT2D eigenvalue weighted by Gasteiger charge is -2.09. The Labute approximate surface area is 111 Å². The van der Waals surface area contributed by atoms with E-state index in [0.717, 1.165) is 0 Å². The van der Waals surface area contributed by atoms with Crippen molar-refractivity contribution in [2.45, 2.75) is 20.0 Å². The molecule has 0 aliphatic heterocycles. The second-order valence-corrected chi connectivity index (χ2v) is 4.11. The maximum absolute atomic E-state index is 5.64. The van der Waals surface area contributed by atoms with Crippen LogP contribution in [0.3, 0.4) is 0 Å². The van der Waals surface area contributed by atoms with Crippen LogP contribution in [0, 0.1) is 0 Å². The first-order valence-electron chi connectivity index (χ1n) is 6.02. The number of hydrogen-bond acceptors (Lipinski definition) is 7. The Kier molecular flexibility index (Phi) is 4.24. The first kappa shape index (κ1) is 13.2. The van der Waals surface area contributed by atoms with Gasteiger partial charge in [0, 0.05) is 18.9 Å². The van der Waals surface area contributed by atoms with Crippen LogP contribution in [-0.2, 0) is 4.74 Å². The van der Waals surface area contributed by atoms with Crippen LogP contribution in [0.4, 0.5) is 11.9 Å². The van der Waals surface area contributed by atoms with Crippen LogP contribution >= 0.6 is 0 Å². The molecule has 8 nitrogen and oxygen atoms in total. The van der Waals surface area contributed by atoms with Gasteiger partial charge in [-0.25, -0.2) is 4.68 Å². The standard InChI is InChI=1S/C11H17N7O/c1-8(2)19-7-5-13-10-15-9(12)16-11(17-10)18-6-3-4-14-18/h3-4,6,8H,5,7H2,1-2H3,(H3,12,13,15,16,17). The fourth-order valence-corrected chi connectivity index (χ4v) is 1.41. The number of nitrogens with one attached hydrogen (secondary N) is 1. The SMILES string of the molecule is CC(C)OCCNc1nc(N)nc(-n2cccn2)n1. The van der Waals surface area contributed by atoms with Crippen LogP contribution in [0.25, 0.3) is 5.95 Å². The molecule has 102 valence electrons. The molecule has 2 aromatic rings. The van der Waals surface area contributed by atoms with E-state index in [1.165, 1.54) is 4.68 Å². The van der Waals surface area contributed by atoms with E-state index in [4.69, 9.17) is 10.5 Å². The lowest BCUT2D eigenvalue weighted by Crippen LogP contribution is -2.16. The van der Waals surface area contributed by atoms with Crippen LogP contribution < -0.4 is 11.1 Å². The average molecular weight is 263 g/mol. The molecule has 2 heterocycles. The Morgan fingerprint density at radius 2 is 2.21 bits per heavy atom. The Bertz CT molecular complexity index is 512. The van der Waals surface area contributed by atoms with Gasteiger partial charge in [-0.05, 0) is 19.9 Å². The molecule has 0 fully saturated rings. The highest BCUT2D eigenvalue weighted by Gasteiger charge is 2.06. The zero-order valence-corrected chi connectivity index (χ0v) is 10.9. The fourth-order valence-electron chi connectivity index (χ4n) is 1.41. The summed E-state index contributed by atoms with van der Waals surface area (Å²) >= 11 is 0. The molecule has 3 N–H and O–H groups in total. The largest absolute Gasteiger partial charge is 0.377 e. The minimum absolute atomic E-state index is 0.146. The smallest absolute Gasteiger partial charge is 0.257 e. The van der Waals surface area contributed by atoms with E-state index in [0.29, 0.717) is 25.0 Å². The molecule has 0 saturated carbocycles. The number of ether oxygens (including phenoxy) is 1. The zero-order chi connectivity index (χ0) is 13.7. The Morgan fingerprint density at radius 1 is 1.37 bits per heavy atom. The highest BCUT2D eigenvalue weighted by atomic mass is 16.5. The highest BCUT2D eigenvalue weighted by molar-refractivity contribution is 5.34. The van der Waals surface area contributed by atoms with Crippen LogP contribution in [0.15, 0.2) is 18.5 Å². The number of nitrogens with two attached hydrogens (primary N) is 1. The molecule has 8 heteroatoms. The maximum Gasteiger partial charge on any atom is 0.257 e. The second kappa shape index (κ2) is 6.10. The monoisotopic (exact) mass is 263 g/mol. The third-order valence-electron chi connectivity index (χ3n) is 2.19. The van der Waals surface area contributed by atoms with Gasteiger partial charge in [0.25, 0.3) is 5.95 Å². The number of aromatic nitrogens is 5. The predicted octanol–water partition coefficient (Wildman–Crippen LogP) is 0.476. The summed E-state index contributed by atoms with van der Waals surface area (Å²) < 4.78 is 6.94. The molecular weight excluding hydrogens is 246 g/mol. The molecule has 0 unspecified atom stereocenters. The number of anilines is 2. The Hall–Kier alpha value is -2.22. The van der Waals surface area contributed by atoms with Gasteiger partial charge in [0.2, 0.25) is 11.9 Å². The third-order valence-corrected chi connectivity index (χ3v) is 2.19. The van der Waals surface area contributed by atoms with E-state index in [1.807, 2.05) is 13.8 Å². The molecule has 0 amide bonds. The maximum atomic E-state index is 5.64. The summed E-state index contributed by atoms with van der Waals surface area (Å²) in [6.45, 7) is 5.13. The van der Waals surface area contributed by atoms with Gasteiger partial charge < -0.3 is 15.8 Å². The van der Waals surface area contributed by atoms with E-state index in [2.05, 4.69) is 25.4 Å². The van der Waals surface area contributed by atoms with Crippen LogP contribution in [0.1, 0.15) is 13.8 Å². The summed E-state index contributed by atoms with van der Waals surface area (Å²) in [6, 6.07) is 1.78. The topological polar surface area (TPSA) is 104 Å². The van der Waals surface area contributed by atoms with Gasteiger partial charge in [-0.3, -0.25) is 0 Å². The van der Waals surface area contributed by atoms with E-state index in [9.17, 15) is 0 Å². The third kappa shape index (κ3) is 3.88. The van der Waals surface area contributed by atoms with Crippen molar-refractivity contribution in [3.63, 3.8) is 0 Å². The van der Waals surface area contributed by atoms with Crippen molar-refractivity contribution in [1.82, 2.24) is 24.7 Å². The van der Waals surface area contributed by atoms with Gasteiger partial charge in [0.05, 0.1) is 12.7 Å². The minimum atomic E-state index is 0.146. The van der Waals surface area contributed by atoms with Crippen LogP contribution in [0.5, 0.6) is 0 Å². The minimum Gasteiger partial charge on any atom is -0.377 e. The van der Waals surface area contributed by atoms with Crippen molar-refractivity contribution in [1.29, 1.82) is 0 Å². The quantitative estimate of drug-likeness (QED) is 0.730. The molecular formula is C11H17N7O.